The first-order chi connectivity index (χ1) is 9.88. The van der Waals surface area contributed by atoms with Crippen molar-refractivity contribution in [2.24, 2.45) is 0 Å². The molecule has 0 radical (unpaired) electrons. The van der Waals surface area contributed by atoms with E-state index in [9.17, 15) is 14.5 Å². The number of nitro groups is 1. The Morgan fingerprint density at radius 3 is 2.43 bits per heavy atom. The van der Waals surface area contributed by atoms with Gasteiger partial charge in [-0.05, 0) is 35.7 Å². The van der Waals surface area contributed by atoms with Gasteiger partial charge < -0.3 is 4.74 Å². The highest BCUT2D eigenvalue weighted by molar-refractivity contribution is 9.10. The van der Waals surface area contributed by atoms with Gasteiger partial charge in [0.2, 0.25) is 0 Å². The second-order valence-corrected chi connectivity index (χ2v) is 5.73. The van der Waals surface area contributed by atoms with Crippen molar-refractivity contribution in [2.45, 2.75) is 19.8 Å². The molecule has 0 atom stereocenters. The zero-order chi connectivity index (χ0) is 15.6. The standard InChI is InChI=1S/C15H13BrFNO3/c1-9(2)12-7-10(16)3-5-14(12)21-15-6-4-11(18(19)20)8-13(15)17/h3-9H,1-2H3. The average Bonchev–Trinajstić information content (AvgIpc) is 2.42. The summed E-state index contributed by atoms with van der Waals surface area (Å²) in [6.07, 6.45) is 0. The SMILES string of the molecule is CC(C)c1cc(Br)ccc1Oc1ccc([N+](=O)[O-])cc1F. The molecule has 0 fully saturated rings. The Bertz CT molecular complexity index is 689. The number of nitrogens with zero attached hydrogens (tertiary/aromatic N) is 1. The maximum absolute atomic E-state index is 13.9. The highest BCUT2D eigenvalue weighted by Gasteiger charge is 2.15. The molecule has 2 aromatic rings. The van der Waals surface area contributed by atoms with Crippen LogP contribution in [0.25, 0.3) is 0 Å². The van der Waals surface area contributed by atoms with Crippen molar-refractivity contribution < 1.29 is 14.1 Å². The number of non-ortho nitro benzene ring substituents is 1. The van der Waals surface area contributed by atoms with Gasteiger partial charge in [0.1, 0.15) is 5.75 Å². The summed E-state index contributed by atoms with van der Waals surface area (Å²) in [6.45, 7) is 4.00. The molecule has 0 unspecified atom stereocenters. The number of halogens is 2. The lowest BCUT2D eigenvalue weighted by molar-refractivity contribution is -0.385. The number of hydrogen-bond donors (Lipinski definition) is 0. The highest BCUT2D eigenvalue weighted by atomic mass is 79.9. The third-order valence-electron chi connectivity index (χ3n) is 2.94. The fourth-order valence-corrected chi connectivity index (χ4v) is 2.25. The summed E-state index contributed by atoms with van der Waals surface area (Å²) < 4.78 is 20.3. The van der Waals surface area contributed by atoms with Gasteiger partial charge in [0.15, 0.2) is 11.6 Å². The molecule has 6 heteroatoms. The van der Waals surface area contributed by atoms with Crippen LogP contribution in [0.1, 0.15) is 25.3 Å². The Kier molecular flexibility index (Phi) is 4.57. The molecule has 4 nitrogen and oxygen atoms in total. The van der Waals surface area contributed by atoms with Gasteiger partial charge in [-0.15, -0.1) is 0 Å². The van der Waals surface area contributed by atoms with Gasteiger partial charge in [-0.2, -0.15) is 0 Å². The maximum atomic E-state index is 13.9. The fraction of sp³-hybridized carbons (Fsp3) is 0.200. The van der Waals surface area contributed by atoms with Crippen LogP contribution in [-0.2, 0) is 0 Å². The van der Waals surface area contributed by atoms with E-state index in [1.165, 1.54) is 12.1 Å². The number of ether oxygens (including phenoxy) is 1. The molecule has 110 valence electrons. The molecule has 0 aromatic heterocycles. The van der Waals surface area contributed by atoms with E-state index < -0.39 is 10.7 Å². The quantitative estimate of drug-likeness (QED) is 0.545. The molecule has 0 heterocycles. The number of hydrogen-bond acceptors (Lipinski definition) is 3. The van der Waals surface area contributed by atoms with Crippen molar-refractivity contribution in [3.05, 3.63) is 62.4 Å². The number of benzene rings is 2. The molecule has 0 N–H and O–H groups in total. The largest absolute Gasteiger partial charge is 0.454 e. The van der Waals surface area contributed by atoms with Crippen molar-refractivity contribution >= 4 is 21.6 Å². The summed E-state index contributed by atoms with van der Waals surface area (Å²) in [4.78, 5) is 9.95. The summed E-state index contributed by atoms with van der Waals surface area (Å²) in [5, 5.41) is 10.6. The molecule has 0 bridgehead atoms. The second kappa shape index (κ2) is 6.22. The predicted molar refractivity (Wildman–Crippen MR) is 81.4 cm³/mol. The minimum absolute atomic E-state index is 0.0372. The van der Waals surface area contributed by atoms with E-state index in [-0.39, 0.29) is 17.4 Å². The van der Waals surface area contributed by atoms with Crippen LogP contribution in [0.2, 0.25) is 0 Å². The summed E-state index contributed by atoms with van der Waals surface area (Å²) in [5.74, 6) is -0.0776. The van der Waals surface area contributed by atoms with E-state index in [2.05, 4.69) is 15.9 Å². The van der Waals surface area contributed by atoms with Gasteiger partial charge in [-0.1, -0.05) is 29.8 Å². The number of nitro benzene ring substituents is 1. The van der Waals surface area contributed by atoms with Crippen LogP contribution in [0, 0.1) is 15.9 Å². The lowest BCUT2D eigenvalue weighted by Gasteiger charge is -2.14. The Hall–Kier alpha value is -1.95. The smallest absolute Gasteiger partial charge is 0.272 e. The van der Waals surface area contributed by atoms with Crippen molar-refractivity contribution in [1.29, 1.82) is 0 Å². The third kappa shape index (κ3) is 3.58. The molecule has 0 saturated heterocycles. The first-order valence-electron chi connectivity index (χ1n) is 6.29. The van der Waals surface area contributed by atoms with Crippen LogP contribution in [0.4, 0.5) is 10.1 Å². The topological polar surface area (TPSA) is 52.4 Å². The summed E-state index contributed by atoms with van der Waals surface area (Å²) >= 11 is 3.39. The monoisotopic (exact) mass is 353 g/mol. The molecule has 0 aliphatic heterocycles. The van der Waals surface area contributed by atoms with Crippen LogP contribution >= 0.6 is 15.9 Å². The van der Waals surface area contributed by atoms with Crippen LogP contribution in [-0.4, -0.2) is 4.92 Å². The minimum atomic E-state index is -0.762. The maximum Gasteiger partial charge on any atom is 0.272 e. The van der Waals surface area contributed by atoms with E-state index in [4.69, 9.17) is 4.74 Å². The zero-order valence-corrected chi connectivity index (χ0v) is 13.1. The molecule has 0 saturated carbocycles. The van der Waals surface area contributed by atoms with E-state index in [0.29, 0.717) is 5.75 Å². The summed E-state index contributed by atoms with van der Waals surface area (Å²) in [7, 11) is 0. The fourth-order valence-electron chi connectivity index (χ4n) is 1.87. The van der Waals surface area contributed by atoms with Gasteiger partial charge in [-0.25, -0.2) is 4.39 Å². The predicted octanol–water partition coefficient (Wildman–Crippen LogP) is 5.41. The van der Waals surface area contributed by atoms with Crippen molar-refractivity contribution in [2.75, 3.05) is 0 Å². The number of rotatable bonds is 4. The molecule has 2 rings (SSSR count). The van der Waals surface area contributed by atoms with Crippen molar-refractivity contribution in [3.8, 4) is 11.5 Å². The lowest BCUT2D eigenvalue weighted by Crippen LogP contribution is -1.96. The Labute approximate surface area is 129 Å². The van der Waals surface area contributed by atoms with E-state index >= 15 is 0 Å². The Balaban J connectivity index is 2.36. The Morgan fingerprint density at radius 1 is 1.19 bits per heavy atom. The summed E-state index contributed by atoms with van der Waals surface area (Å²) in [5.41, 5.74) is 0.613. The van der Waals surface area contributed by atoms with Gasteiger partial charge in [0.25, 0.3) is 5.69 Å². The van der Waals surface area contributed by atoms with Crippen LogP contribution in [0.5, 0.6) is 11.5 Å². The molecule has 0 aliphatic rings. The molecular formula is C15H13BrFNO3. The molecule has 2 aromatic carbocycles. The summed E-state index contributed by atoms with van der Waals surface area (Å²) in [6, 6.07) is 8.77. The van der Waals surface area contributed by atoms with Crippen LogP contribution in [0.15, 0.2) is 40.9 Å². The van der Waals surface area contributed by atoms with Gasteiger partial charge in [-0.3, -0.25) is 10.1 Å². The lowest BCUT2D eigenvalue weighted by atomic mass is 10.0. The van der Waals surface area contributed by atoms with Crippen molar-refractivity contribution in [1.82, 2.24) is 0 Å². The molecule has 21 heavy (non-hydrogen) atoms. The second-order valence-electron chi connectivity index (χ2n) is 4.81. The van der Waals surface area contributed by atoms with E-state index in [0.717, 1.165) is 16.1 Å². The molecular weight excluding hydrogens is 341 g/mol. The first kappa shape index (κ1) is 15.4. The highest BCUT2D eigenvalue weighted by Crippen LogP contribution is 2.34. The van der Waals surface area contributed by atoms with Gasteiger partial charge >= 0.3 is 0 Å². The first-order valence-corrected chi connectivity index (χ1v) is 7.09. The normalized spacial score (nSPS) is 10.7. The van der Waals surface area contributed by atoms with Crippen molar-refractivity contribution in [3.63, 3.8) is 0 Å². The average molecular weight is 354 g/mol. The minimum Gasteiger partial charge on any atom is -0.454 e. The molecule has 0 spiro atoms. The molecule has 0 amide bonds. The zero-order valence-electron chi connectivity index (χ0n) is 11.5. The Morgan fingerprint density at radius 2 is 1.86 bits per heavy atom. The third-order valence-corrected chi connectivity index (χ3v) is 3.43. The van der Waals surface area contributed by atoms with E-state index in [1.54, 1.807) is 12.1 Å². The van der Waals surface area contributed by atoms with Crippen LogP contribution in [0.3, 0.4) is 0 Å². The van der Waals surface area contributed by atoms with Crippen LogP contribution < -0.4 is 4.74 Å². The van der Waals surface area contributed by atoms with E-state index in [1.807, 2.05) is 19.9 Å². The van der Waals surface area contributed by atoms with Gasteiger partial charge in [0, 0.05) is 10.5 Å². The van der Waals surface area contributed by atoms with Gasteiger partial charge in [0.05, 0.1) is 11.0 Å². The molecule has 0 aliphatic carbocycles.